The van der Waals surface area contributed by atoms with Gasteiger partial charge in [-0.25, -0.2) is 18.4 Å². The fourth-order valence-electron chi connectivity index (χ4n) is 2.53. The van der Waals surface area contributed by atoms with E-state index in [-0.39, 0.29) is 11.8 Å². The fourth-order valence-corrected chi connectivity index (χ4v) is 3.31. The zero-order chi connectivity index (χ0) is 19.7. The topological polar surface area (TPSA) is 88.4 Å². The van der Waals surface area contributed by atoms with Crippen LogP contribution in [0.4, 0.5) is 0 Å². The van der Waals surface area contributed by atoms with E-state index in [0.29, 0.717) is 18.9 Å². The minimum atomic E-state index is -2.95. The minimum Gasteiger partial charge on any atom is -0.357 e. The van der Waals surface area contributed by atoms with Crippen LogP contribution in [0.1, 0.15) is 31.4 Å². The summed E-state index contributed by atoms with van der Waals surface area (Å²) in [5.74, 6) is 0.861. The highest BCUT2D eigenvalue weighted by Gasteiger charge is 2.09. The van der Waals surface area contributed by atoms with Crippen LogP contribution in [0.25, 0.3) is 0 Å². The first-order chi connectivity index (χ1) is 12.9. The SMILES string of the molecule is CCNC(=NCc1ccc(Cn2ccnc2)cc1)NC(C)CCS(C)(=O)=O. The molecule has 0 aliphatic heterocycles. The maximum atomic E-state index is 11.3. The lowest BCUT2D eigenvalue weighted by Crippen LogP contribution is -2.42. The van der Waals surface area contributed by atoms with Crippen molar-refractivity contribution in [3.05, 3.63) is 54.1 Å². The standard InChI is InChI=1S/C19H29N5O2S/c1-4-21-19(23-16(2)9-12-27(3,25)26)22-13-17-5-7-18(8-6-17)14-24-11-10-20-15-24/h5-8,10-11,15-16H,4,9,12-14H2,1-3H3,(H2,21,22,23). The fraction of sp³-hybridized carbons (Fsp3) is 0.474. The third kappa shape index (κ3) is 8.25. The van der Waals surface area contributed by atoms with Crippen LogP contribution < -0.4 is 10.6 Å². The number of nitrogens with zero attached hydrogens (tertiary/aromatic N) is 3. The van der Waals surface area contributed by atoms with Crippen molar-refractivity contribution in [1.29, 1.82) is 0 Å². The van der Waals surface area contributed by atoms with Gasteiger partial charge in [0.25, 0.3) is 0 Å². The largest absolute Gasteiger partial charge is 0.357 e. The molecule has 2 rings (SSSR count). The van der Waals surface area contributed by atoms with Crippen molar-refractivity contribution >= 4 is 15.8 Å². The van der Waals surface area contributed by atoms with Crippen LogP contribution in [0.2, 0.25) is 0 Å². The molecular formula is C19H29N5O2S. The highest BCUT2D eigenvalue weighted by atomic mass is 32.2. The Morgan fingerprint density at radius 2 is 1.96 bits per heavy atom. The molecule has 1 atom stereocenters. The Labute approximate surface area is 161 Å². The van der Waals surface area contributed by atoms with Crippen LogP contribution in [0.5, 0.6) is 0 Å². The molecular weight excluding hydrogens is 362 g/mol. The summed E-state index contributed by atoms with van der Waals surface area (Å²) in [6.45, 7) is 6.06. The molecule has 0 amide bonds. The summed E-state index contributed by atoms with van der Waals surface area (Å²) in [5.41, 5.74) is 2.32. The van der Waals surface area contributed by atoms with Gasteiger partial charge in [-0.3, -0.25) is 0 Å². The molecule has 1 aromatic carbocycles. The van der Waals surface area contributed by atoms with Gasteiger partial charge in [0.2, 0.25) is 0 Å². The number of benzene rings is 1. The third-order valence-electron chi connectivity index (χ3n) is 4.02. The van der Waals surface area contributed by atoms with Gasteiger partial charge >= 0.3 is 0 Å². The molecule has 2 aromatic rings. The number of aliphatic imine (C=N–C) groups is 1. The summed E-state index contributed by atoms with van der Waals surface area (Å²) >= 11 is 0. The van der Waals surface area contributed by atoms with E-state index in [1.54, 1.807) is 12.5 Å². The summed E-state index contributed by atoms with van der Waals surface area (Å²) in [6, 6.07) is 8.37. The normalized spacial score (nSPS) is 13.4. The summed E-state index contributed by atoms with van der Waals surface area (Å²) < 4.78 is 24.6. The molecule has 1 heterocycles. The second-order valence-electron chi connectivity index (χ2n) is 6.71. The predicted octanol–water partition coefficient (Wildman–Crippen LogP) is 1.81. The molecule has 0 saturated carbocycles. The highest BCUT2D eigenvalue weighted by Crippen LogP contribution is 2.07. The zero-order valence-corrected chi connectivity index (χ0v) is 17.0. The van der Waals surface area contributed by atoms with Gasteiger partial charge in [0, 0.05) is 37.8 Å². The zero-order valence-electron chi connectivity index (χ0n) is 16.2. The first kappa shape index (κ1) is 21.0. The Balaban J connectivity index is 1.91. The van der Waals surface area contributed by atoms with E-state index in [0.717, 1.165) is 18.7 Å². The van der Waals surface area contributed by atoms with Crippen LogP contribution in [0.15, 0.2) is 48.0 Å². The summed E-state index contributed by atoms with van der Waals surface area (Å²) in [7, 11) is -2.95. The van der Waals surface area contributed by atoms with Crippen molar-refractivity contribution in [3.63, 3.8) is 0 Å². The number of hydrogen-bond acceptors (Lipinski definition) is 4. The van der Waals surface area contributed by atoms with Crippen LogP contribution in [-0.4, -0.2) is 48.5 Å². The molecule has 1 unspecified atom stereocenters. The molecule has 0 radical (unpaired) electrons. The van der Waals surface area contributed by atoms with Crippen molar-refractivity contribution in [2.45, 2.75) is 39.4 Å². The van der Waals surface area contributed by atoms with Crippen molar-refractivity contribution in [2.24, 2.45) is 4.99 Å². The Kier molecular flexibility index (Phi) is 7.84. The average molecular weight is 392 g/mol. The number of rotatable bonds is 9. The predicted molar refractivity (Wildman–Crippen MR) is 110 cm³/mol. The Bertz CT molecular complexity index is 814. The summed E-state index contributed by atoms with van der Waals surface area (Å²) in [5, 5.41) is 6.47. The molecule has 0 saturated heterocycles. The van der Waals surface area contributed by atoms with E-state index >= 15 is 0 Å². The summed E-state index contributed by atoms with van der Waals surface area (Å²) in [4.78, 5) is 8.65. The van der Waals surface area contributed by atoms with Gasteiger partial charge in [0.15, 0.2) is 5.96 Å². The van der Waals surface area contributed by atoms with Gasteiger partial charge in [-0.1, -0.05) is 24.3 Å². The molecule has 0 aliphatic rings. The molecule has 148 valence electrons. The van der Waals surface area contributed by atoms with E-state index < -0.39 is 9.84 Å². The van der Waals surface area contributed by atoms with Crippen LogP contribution in [-0.2, 0) is 22.9 Å². The van der Waals surface area contributed by atoms with Gasteiger partial charge in [-0.15, -0.1) is 0 Å². The Morgan fingerprint density at radius 1 is 1.26 bits per heavy atom. The van der Waals surface area contributed by atoms with Crippen molar-refractivity contribution < 1.29 is 8.42 Å². The minimum absolute atomic E-state index is 0.0232. The van der Waals surface area contributed by atoms with Crippen molar-refractivity contribution in [2.75, 3.05) is 18.6 Å². The maximum absolute atomic E-state index is 11.3. The Hall–Kier alpha value is -2.35. The van der Waals surface area contributed by atoms with Gasteiger partial charge < -0.3 is 15.2 Å². The molecule has 0 bridgehead atoms. The third-order valence-corrected chi connectivity index (χ3v) is 4.99. The van der Waals surface area contributed by atoms with E-state index in [1.807, 2.05) is 24.6 Å². The monoisotopic (exact) mass is 391 g/mol. The van der Waals surface area contributed by atoms with Crippen LogP contribution >= 0.6 is 0 Å². The lowest BCUT2D eigenvalue weighted by atomic mass is 10.1. The van der Waals surface area contributed by atoms with E-state index in [1.165, 1.54) is 11.8 Å². The van der Waals surface area contributed by atoms with Gasteiger partial charge in [-0.2, -0.15) is 0 Å². The smallest absolute Gasteiger partial charge is 0.191 e. The second-order valence-corrected chi connectivity index (χ2v) is 8.97. The van der Waals surface area contributed by atoms with Gasteiger partial charge in [0.1, 0.15) is 9.84 Å². The second kappa shape index (κ2) is 10.1. The first-order valence-corrected chi connectivity index (χ1v) is 11.2. The first-order valence-electron chi connectivity index (χ1n) is 9.12. The molecule has 2 N–H and O–H groups in total. The number of imidazole rings is 1. The summed E-state index contributed by atoms with van der Waals surface area (Å²) in [6.07, 6.45) is 7.33. The molecule has 1 aromatic heterocycles. The number of hydrogen-bond donors (Lipinski definition) is 2. The quantitative estimate of drug-likeness (QED) is 0.503. The Morgan fingerprint density at radius 3 is 2.56 bits per heavy atom. The molecule has 27 heavy (non-hydrogen) atoms. The number of aromatic nitrogens is 2. The van der Waals surface area contributed by atoms with Crippen molar-refractivity contribution in [3.8, 4) is 0 Å². The van der Waals surface area contributed by atoms with Gasteiger partial charge in [-0.05, 0) is 31.4 Å². The number of sulfone groups is 1. The highest BCUT2D eigenvalue weighted by molar-refractivity contribution is 7.90. The molecule has 7 nitrogen and oxygen atoms in total. The van der Waals surface area contributed by atoms with Crippen molar-refractivity contribution in [1.82, 2.24) is 20.2 Å². The van der Waals surface area contributed by atoms with Crippen LogP contribution in [0.3, 0.4) is 0 Å². The maximum Gasteiger partial charge on any atom is 0.191 e. The molecule has 0 fully saturated rings. The van der Waals surface area contributed by atoms with E-state index in [9.17, 15) is 8.42 Å². The lowest BCUT2D eigenvalue weighted by Gasteiger charge is -2.17. The van der Waals surface area contributed by atoms with Gasteiger partial charge in [0.05, 0.1) is 18.6 Å². The van der Waals surface area contributed by atoms with Crippen LogP contribution in [0, 0.1) is 0 Å². The molecule has 0 aliphatic carbocycles. The lowest BCUT2D eigenvalue weighted by molar-refractivity contribution is 0.581. The molecule has 8 heteroatoms. The average Bonchev–Trinajstić information content (AvgIpc) is 3.12. The number of guanidine groups is 1. The van der Waals surface area contributed by atoms with E-state index in [4.69, 9.17) is 0 Å². The van der Waals surface area contributed by atoms with E-state index in [2.05, 4.69) is 44.9 Å². The molecule has 0 spiro atoms. The number of nitrogens with one attached hydrogen (secondary N) is 2.